The van der Waals surface area contributed by atoms with Gasteiger partial charge in [-0.3, -0.25) is 0 Å². The summed E-state index contributed by atoms with van der Waals surface area (Å²) >= 11 is 5.40. The highest BCUT2D eigenvalue weighted by molar-refractivity contribution is 9.11. The van der Waals surface area contributed by atoms with Crippen molar-refractivity contribution in [3.8, 4) is 0 Å². The summed E-state index contributed by atoms with van der Waals surface area (Å²) in [5, 5.41) is 0. The Bertz CT molecular complexity index is 315. The van der Waals surface area contributed by atoms with Gasteiger partial charge in [0.2, 0.25) is 0 Å². The summed E-state index contributed by atoms with van der Waals surface area (Å²) in [6.45, 7) is 2.15. The van der Waals surface area contributed by atoms with E-state index in [4.69, 9.17) is 5.73 Å². The van der Waals surface area contributed by atoms with Gasteiger partial charge < -0.3 is 5.73 Å². The lowest BCUT2D eigenvalue weighted by Crippen LogP contribution is -2.21. The fourth-order valence-corrected chi connectivity index (χ4v) is 3.36. The molecule has 1 aromatic heterocycles. The summed E-state index contributed by atoms with van der Waals surface area (Å²) in [5.41, 5.74) is 7.66. The van der Waals surface area contributed by atoms with Crippen LogP contribution in [-0.2, 0) is 6.42 Å². The molecule has 0 aliphatic heterocycles. The molecule has 3 heteroatoms. The van der Waals surface area contributed by atoms with Crippen molar-refractivity contribution in [3.63, 3.8) is 0 Å². The molecule has 0 aromatic carbocycles. The Hall–Kier alpha value is 0.140. The van der Waals surface area contributed by atoms with Crippen LogP contribution in [0.25, 0.3) is 0 Å². The quantitative estimate of drug-likeness (QED) is 0.887. The molecule has 0 amide bonds. The third kappa shape index (κ3) is 2.33. The molecule has 1 saturated carbocycles. The second kappa shape index (κ2) is 3.37. The minimum atomic E-state index is 0.190. The molecule has 1 aliphatic carbocycles. The first-order valence-electron chi connectivity index (χ1n) is 4.63. The second-order valence-corrected chi connectivity index (χ2v) is 6.59. The Labute approximate surface area is 91.5 Å². The van der Waals surface area contributed by atoms with Crippen LogP contribution in [-0.4, -0.2) is 5.54 Å². The SMILES string of the molecule is Cc1cc(CCC2(N)CC2)c(Br)s1. The van der Waals surface area contributed by atoms with Crippen LogP contribution < -0.4 is 5.73 Å². The zero-order chi connectivity index (χ0) is 9.47. The lowest BCUT2D eigenvalue weighted by atomic mass is 10.1. The number of halogens is 1. The van der Waals surface area contributed by atoms with Crippen LogP contribution in [0.15, 0.2) is 9.85 Å². The van der Waals surface area contributed by atoms with Gasteiger partial charge in [0.15, 0.2) is 0 Å². The largest absolute Gasteiger partial charge is 0.325 e. The first-order valence-corrected chi connectivity index (χ1v) is 6.24. The Kier molecular flexibility index (Phi) is 2.51. The summed E-state index contributed by atoms with van der Waals surface area (Å²) in [4.78, 5) is 1.38. The number of hydrogen-bond acceptors (Lipinski definition) is 2. The standard InChI is InChI=1S/C10H14BrNS/c1-7-6-8(9(11)13-7)2-3-10(12)4-5-10/h6H,2-5,12H2,1H3. The van der Waals surface area contributed by atoms with Crippen molar-refractivity contribution >= 4 is 27.3 Å². The van der Waals surface area contributed by atoms with Gasteiger partial charge in [0.1, 0.15) is 0 Å². The van der Waals surface area contributed by atoms with E-state index in [1.54, 1.807) is 0 Å². The van der Waals surface area contributed by atoms with E-state index in [-0.39, 0.29) is 5.54 Å². The molecule has 1 aromatic rings. The predicted molar refractivity (Wildman–Crippen MR) is 61.2 cm³/mol. The lowest BCUT2D eigenvalue weighted by molar-refractivity contribution is 0.609. The predicted octanol–water partition coefficient (Wildman–Crippen LogP) is 3.24. The molecule has 1 nitrogen and oxygen atoms in total. The third-order valence-electron chi connectivity index (χ3n) is 2.67. The van der Waals surface area contributed by atoms with Crippen molar-refractivity contribution in [1.82, 2.24) is 0 Å². The molecule has 1 aliphatic rings. The fourth-order valence-electron chi connectivity index (χ4n) is 1.50. The number of nitrogens with two attached hydrogens (primary N) is 1. The molecular formula is C10H14BrNS. The topological polar surface area (TPSA) is 26.0 Å². The average Bonchev–Trinajstić information content (AvgIpc) is 2.69. The molecule has 0 spiro atoms. The van der Waals surface area contributed by atoms with Crippen LogP contribution in [0.1, 0.15) is 29.7 Å². The molecule has 0 saturated heterocycles. The van der Waals surface area contributed by atoms with E-state index in [0.29, 0.717) is 0 Å². The molecule has 0 radical (unpaired) electrons. The van der Waals surface area contributed by atoms with E-state index in [2.05, 4.69) is 28.9 Å². The van der Waals surface area contributed by atoms with Gasteiger partial charge in [-0.2, -0.15) is 0 Å². The molecular weight excluding hydrogens is 246 g/mol. The van der Waals surface area contributed by atoms with Gasteiger partial charge in [-0.05, 0) is 60.2 Å². The Morgan fingerprint density at radius 2 is 2.31 bits per heavy atom. The van der Waals surface area contributed by atoms with Crippen LogP contribution in [0.5, 0.6) is 0 Å². The summed E-state index contributed by atoms with van der Waals surface area (Å²) in [7, 11) is 0. The van der Waals surface area contributed by atoms with Gasteiger partial charge in [0.05, 0.1) is 3.79 Å². The Morgan fingerprint density at radius 3 is 2.77 bits per heavy atom. The minimum Gasteiger partial charge on any atom is -0.325 e. The van der Waals surface area contributed by atoms with Gasteiger partial charge >= 0.3 is 0 Å². The molecule has 1 fully saturated rings. The van der Waals surface area contributed by atoms with Crippen LogP contribution in [0.4, 0.5) is 0 Å². The van der Waals surface area contributed by atoms with E-state index in [9.17, 15) is 0 Å². The Balaban J connectivity index is 1.97. The highest BCUT2D eigenvalue weighted by Crippen LogP contribution is 2.38. The van der Waals surface area contributed by atoms with Crippen molar-refractivity contribution in [1.29, 1.82) is 0 Å². The summed E-state index contributed by atoms with van der Waals surface area (Å²) < 4.78 is 1.29. The highest BCUT2D eigenvalue weighted by Gasteiger charge is 2.37. The zero-order valence-corrected chi connectivity index (χ0v) is 10.2. The monoisotopic (exact) mass is 259 g/mol. The highest BCUT2D eigenvalue weighted by atomic mass is 79.9. The smallest absolute Gasteiger partial charge is 0.0733 e. The summed E-state index contributed by atoms with van der Waals surface area (Å²) in [6.07, 6.45) is 4.70. The van der Waals surface area contributed by atoms with Gasteiger partial charge in [-0.25, -0.2) is 0 Å². The number of rotatable bonds is 3. The molecule has 0 atom stereocenters. The van der Waals surface area contributed by atoms with Crippen LogP contribution in [0.2, 0.25) is 0 Å². The second-order valence-electron chi connectivity index (χ2n) is 4.02. The van der Waals surface area contributed by atoms with Gasteiger partial charge in [-0.1, -0.05) is 0 Å². The van der Waals surface area contributed by atoms with Crippen LogP contribution >= 0.6 is 27.3 Å². The van der Waals surface area contributed by atoms with E-state index >= 15 is 0 Å². The molecule has 0 bridgehead atoms. The number of thiophene rings is 1. The molecule has 2 rings (SSSR count). The minimum absolute atomic E-state index is 0.190. The maximum atomic E-state index is 6.04. The van der Waals surface area contributed by atoms with Crippen LogP contribution in [0.3, 0.4) is 0 Å². The summed E-state index contributed by atoms with van der Waals surface area (Å²) in [5.74, 6) is 0. The van der Waals surface area contributed by atoms with Crippen molar-refractivity contribution in [2.24, 2.45) is 5.73 Å². The molecule has 13 heavy (non-hydrogen) atoms. The zero-order valence-electron chi connectivity index (χ0n) is 7.77. The normalized spacial score (nSPS) is 19.0. The van der Waals surface area contributed by atoms with E-state index in [1.165, 1.54) is 27.1 Å². The molecule has 72 valence electrons. The van der Waals surface area contributed by atoms with Crippen LogP contribution in [0, 0.1) is 6.92 Å². The first-order chi connectivity index (χ1) is 6.09. The van der Waals surface area contributed by atoms with Gasteiger partial charge in [0.25, 0.3) is 0 Å². The van der Waals surface area contributed by atoms with Crippen molar-refractivity contribution < 1.29 is 0 Å². The maximum Gasteiger partial charge on any atom is 0.0733 e. The average molecular weight is 260 g/mol. The molecule has 2 N–H and O–H groups in total. The number of hydrogen-bond donors (Lipinski definition) is 1. The van der Waals surface area contributed by atoms with E-state index in [0.717, 1.165) is 12.8 Å². The lowest BCUT2D eigenvalue weighted by Gasteiger charge is -2.06. The van der Waals surface area contributed by atoms with Gasteiger partial charge in [-0.15, -0.1) is 11.3 Å². The first kappa shape index (κ1) is 9.69. The molecule has 0 unspecified atom stereocenters. The Morgan fingerprint density at radius 1 is 1.62 bits per heavy atom. The van der Waals surface area contributed by atoms with Gasteiger partial charge in [0, 0.05) is 10.4 Å². The molecule has 1 heterocycles. The summed E-state index contributed by atoms with van der Waals surface area (Å²) in [6, 6.07) is 2.26. The maximum absolute atomic E-state index is 6.04. The fraction of sp³-hybridized carbons (Fsp3) is 0.600. The van der Waals surface area contributed by atoms with Crippen molar-refractivity contribution in [2.45, 2.75) is 38.1 Å². The third-order valence-corrected chi connectivity index (χ3v) is 4.54. The van der Waals surface area contributed by atoms with E-state index < -0.39 is 0 Å². The van der Waals surface area contributed by atoms with Crippen molar-refractivity contribution in [3.05, 3.63) is 20.3 Å². The van der Waals surface area contributed by atoms with Crippen molar-refractivity contribution in [2.75, 3.05) is 0 Å². The van der Waals surface area contributed by atoms with E-state index in [1.807, 2.05) is 11.3 Å². The number of aryl methyl sites for hydroxylation is 2.